The van der Waals surface area contributed by atoms with Gasteiger partial charge in [0.1, 0.15) is 5.60 Å². The predicted octanol–water partition coefficient (Wildman–Crippen LogP) is 2.00. The molecule has 0 aromatic rings. The first-order valence-electron chi connectivity index (χ1n) is 6.58. The number of nitrogens with one attached hydrogen (secondary N) is 1. The minimum absolute atomic E-state index is 0.156. The summed E-state index contributed by atoms with van der Waals surface area (Å²) in [5.41, 5.74) is -0.0373. The molecule has 2 fully saturated rings. The largest absolute Gasteiger partial charge is 0.444 e. The van der Waals surface area contributed by atoms with Gasteiger partial charge in [-0.25, -0.2) is 4.79 Å². The van der Waals surface area contributed by atoms with Crippen molar-refractivity contribution in [1.29, 1.82) is 0 Å². The first kappa shape index (κ1) is 12.7. The molecule has 0 aromatic heterocycles. The van der Waals surface area contributed by atoms with Crippen LogP contribution < -0.4 is 5.32 Å². The van der Waals surface area contributed by atoms with E-state index in [2.05, 4.69) is 12.2 Å². The normalized spacial score (nSPS) is 32.0. The molecule has 2 atom stereocenters. The number of rotatable bonds is 2. The number of hydrogen-bond donors (Lipinski definition) is 1. The summed E-state index contributed by atoms with van der Waals surface area (Å²) in [6.07, 6.45) is 2.17. The number of ether oxygens (including phenoxy) is 1. The van der Waals surface area contributed by atoms with E-state index in [-0.39, 0.29) is 6.09 Å². The van der Waals surface area contributed by atoms with Crippen LogP contribution >= 0.6 is 0 Å². The highest BCUT2D eigenvalue weighted by atomic mass is 16.6. The van der Waals surface area contributed by atoms with Crippen LogP contribution in [0.5, 0.6) is 0 Å². The van der Waals surface area contributed by atoms with Gasteiger partial charge in [0.2, 0.25) is 0 Å². The molecule has 1 aliphatic carbocycles. The van der Waals surface area contributed by atoms with Crippen molar-refractivity contribution in [1.82, 2.24) is 10.2 Å². The molecular weight excluding hydrogens is 216 g/mol. The molecule has 0 bridgehead atoms. The summed E-state index contributed by atoms with van der Waals surface area (Å²) in [7, 11) is 0. The molecule has 1 saturated carbocycles. The maximum atomic E-state index is 11.9. The van der Waals surface area contributed by atoms with Crippen molar-refractivity contribution in [3.8, 4) is 0 Å². The van der Waals surface area contributed by atoms with Gasteiger partial charge in [-0.15, -0.1) is 0 Å². The van der Waals surface area contributed by atoms with Crippen molar-refractivity contribution < 1.29 is 9.53 Å². The minimum Gasteiger partial charge on any atom is -0.444 e. The summed E-state index contributed by atoms with van der Waals surface area (Å²) >= 11 is 0. The Kier molecular flexibility index (Phi) is 3.10. The van der Waals surface area contributed by atoms with Crippen molar-refractivity contribution in [3.63, 3.8) is 0 Å². The third-order valence-electron chi connectivity index (χ3n) is 3.68. The van der Waals surface area contributed by atoms with Gasteiger partial charge in [0.25, 0.3) is 0 Å². The van der Waals surface area contributed by atoms with Crippen LogP contribution in [0.25, 0.3) is 0 Å². The van der Waals surface area contributed by atoms with E-state index < -0.39 is 5.60 Å². The summed E-state index contributed by atoms with van der Waals surface area (Å²) in [4.78, 5) is 13.8. The summed E-state index contributed by atoms with van der Waals surface area (Å²) in [6.45, 7) is 10.6. The highest BCUT2D eigenvalue weighted by Crippen LogP contribution is 2.52. The number of likely N-dealkylation sites (tertiary alicyclic amines) is 1. The van der Waals surface area contributed by atoms with Gasteiger partial charge in [0, 0.05) is 24.5 Å². The van der Waals surface area contributed by atoms with Crippen molar-refractivity contribution in [2.24, 2.45) is 5.41 Å². The summed E-state index contributed by atoms with van der Waals surface area (Å²) in [5, 5.41) is 3.48. The molecule has 1 aliphatic heterocycles. The van der Waals surface area contributed by atoms with E-state index in [1.807, 2.05) is 25.7 Å². The summed E-state index contributed by atoms with van der Waals surface area (Å²) in [6, 6.07) is 0.611. The van der Waals surface area contributed by atoms with E-state index in [0.29, 0.717) is 11.5 Å². The third-order valence-corrected chi connectivity index (χ3v) is 3.68. The molecule has 1 saturated heterocycles. The molecule has 17 heavy (non-hydrogen) atoms. The molecule has 2 aliphatic rings. The second-order valence-electron chi connectivity index (χ2n) is 6.33. The van der Waals surface area contributed by atoms with E-state index >= 15 is 0 Å². The Morgan fingerprint density at radius 1 is 1.53 bits per heavy atom. The summed E-state index contributed by atoms with van der Waals surface area (Å²) in [5.74, 6) is 0. The molecule has 98 valence electrons. The molecular formula is C13H24N2O2. The second kappa shape index (κ2) is 4.16. The summed E-state index contributed by atoms with van der Waals surface area (Å²) < 4.78 is 5.40. The molecule has 2 rings (SSSR count). The third kappa shape index (κ3) is 2.73. The topological polar surface area (TPSA) is 41.6 Å². The average molecular weight is 240 g/mol. The van der Waals surface area contributed by atoms with E-state index in [9.17, 15) is 4.79 Å². The Hall–Kier alpha value is -0.770. The average Bonchev–Trinajstić information content (AvgIpc) is 2.67. The Morgan fingerprint density at radius 2 is 2.24 bits per heavy atom. The smallest absolute Gasteiger partial charge is 0.410 e. The quantitative estimate of drug-likeness (QED) is 0.802. The van der Waals surface area contributed by atoms with Gasteiger partial charge in [-0.2, -0.15) is 0 Å². The Labute approximate surface area is 104 Å². The maximum absolute atomic E-state index is 11.9. The van der Waals surface area contributed by atoms with Crippen LogP contribution in [-0.4, -0.2) is 42.3 Å². The fourth-order valence-corrected chi connectivity index (χ4v) is 2.71. The van der Waals surface area contributed by atoms with Crippen LogP contribution in [-0.2, 0) is 4.74 Å². The van der Waals surface area contributed by atoms with Gasteiger partial charge in [0.15, 0.2) is 0 Å². The van der Waals surface area contributed by atoms with Crippen LogP contribution in [0.2, 0.25) is 0 Å². The molecule has 0 aromatic carbocycles. The Bertz CT molecular complexity index is 311. The lowest BCUT2D eigenvalue weighted by molar-refractivity contribution is 0.0285. The zero-order valence-electron chi connectivity index (χ0n) is 11.4. The first-order chi connectivity index (χ1) is 7.86. The lowest BCUT2D eigenvalue weighted by Crippen LogP contribution is -2.36. The number of nitrogens with zero attached hydrogens (tertiary/aromatic N) is 1. The first-order valence-corrected chi connectivity index (χ1v) is 6.58. The van der Waals surface area contributed by atoms with Gasteiger partial charge >= 0.3 is 6.09 Å². The van der Waals surface area contributed by atoms with Gasteiger partial charge < -0.3 is 15.0 Å². The van der Waals surface area contributed by atoms with Gasteiger partial charge in [-0.3, -0.25) is 0 Å². The molecule has 4 nitrogen and oxygen atoms in total. The van der Waals surface area contributed by atoms with Crippen molar-refractivity contribution in [2.75, 3.05) is 19.6 Å². The molecule has 1 N–H and O–H groups in total. The zero-order valence-corrected chi connectivity index (χ0v) is 11.4. The van der Waals surface area contributed by atoms with Crippen molar-refractivity contribution in [2.45, 2.75) is 52.2 Å². The highest BCUT2D eigenvalue weighted by molar-refractivity contribution is 5.68. The lowest BCUT2D eigenvalue weighted by Gasteiger charge is -2.24. The zero-order chi connectivity index (χ0) is 12.7. The fourth-order valence-electron chi connectivity index (χ4n) is 2.71. The van der Waals surface area contributed by atoms with Crippen LogP contribution in [0.3, 0.4) is 0 Å². The molecule has 1 amide bonds. The van der Waals surface area contributed by atoms with Crippen LogP contribution in [0, 0.1) is 5.41 Å². The highest BCUT2D eigenvalue weighted by Gasteiger charge is 2.58. The molecule has 0 radical (unpaired) electrons. The van der Waals surface area contributed by atoms with E-state index in [1.165, 1.54) is 6.42 Å². The number of carbonyl (C=O) groups excluding carboxylic acids is 1. The SMILES string of the molecule is CCNC1CC12CCN(C(=O)OC(C)(C)C)C2. The van der Waals surface area contributed by atoms with E-state index in [1.54, 1.807) is 0 Å². The predicted molar refractivity (Wildman–Crippen MR) is 66.9 cm³/mol. The standard InChI is InChI=1S/C13H24N2O2/c1-5-14-10-8-13(10)6-7-15(9-13)11(16)17-12(2,3)4/h10,14H,5-9H2,1-4H3. The molecule has 1 heterocycles. The second-order valence-corrected chi connectivity index (χ2v) is 6.33. The van der Waals surface area contributed by atoms with Crippen molar-refractivity contribution in [3.05, 3.63) is 0 Å². The Balaban J connectivity index is 1.85. The fraction of sp³-hybridized carbons (Fsp3) is 0.923. The van der Waals surface area contributed by atoms with E-state index in [4.69, 9.17) is 4.74 Å². The minimum atomic E-state index is -0.391. The van der Waals surface area contributed by atoms with Gasteiger partial charge in [0.05, 0.1) is 0 Å². The maximum Gasteiger partial charge on any atom is 0.410 e. The number of hydrogen-bond acceptors (Lipinski definition) is 3. The molecule has 4 heteroatoms. The molecule has 1 spiro atoms. The van der Waals surface area contributed by atoms with Gasteiger partial charge in [-0.1, -0.05) is 6.92 Å². The van der Waals surface area contributed by atoms with Crippen LogP contribution in [0.15, 0.2) is 0 Å². The van der Waals surface area contributed by atoms with Crippen molar-refractivity contribution >= 4 is 6.09 Å². The van der Waals surface area contributed by atoms with Gasteiger partial charge in [-0.05, 0) is 40.2 Å². The lowest BCUT2D eigenvalue weighted by atomic mass is 10.1. The molecule has 2 unspecified atom stereocenters. The number of carbonyl (C=O) groups is 1. The van der Waals surface area contributed by atoms with Crippen LogP contribution in [0.4, 0.5) is 4.79 Å². The van der Waals surface area contributed by atoms with Crippen LogP contribution in [0.1, 0.15) is 40.5 Å². The van der Waals surface area contributed by atoms with E-state index in [0.717, 1.165) is 26.1 Å². The Morgan fingerprint density at radius 3 is 2.82 bits per heavy atom. The number of amides is 1. The monoisotopic (exact) mass is 240 g/mol.